The van der Waals surface area contributed by atoms with Crippen LogP contribution in [0.25, 0.3) is 43.8 Å². The van der Waals surface area contributed by atoms with E-state index in [-0.39, 0.29) is 61.8 Å². The first kappa shape index (κ1) is 41.8. The minimum absolute atomic E-state index is 0. The SMILES string of the molecule is C[Si]C.Cc1cc2c(-c3ccccc3C(C)(C)C)cccc2[cH-]1.Cc1cc2c(-c3ccccc3C(C)(C)C)cccc2[cH-]1.[Cl-].[Cl-].[Zr+4]. The van der Waals surface area contributed by atoms with Gasteiger partial charge < -0.3 is 24.8 Å². The van der Waals surface area contributed by atoms with Crippen LogP contribution in [0, 0.1) is 13.8 Å². The average Bonchev–Trinajstić information content (AvgIpc) is 3.53. The van der Waals surface area contributed by atoms with E-state index in [2.05, 4.69) is 178 Å². The van der Waals surface area contributed by atoms with Crippen molar-refractivity contribution in [3.8, 4) is 22.3 Å². The molecule has 0 bridgehead atoms. The molecule has 2 radical (unpaired) electrons. The molecule has 46 heavy (non-hydrogen) atoms. The molecule has 0 spiro atoms. The molecule has 0 heterocycles. The summed E-state index contributed by atoms with van der Waals surface area (Å²) in [5.74, 6) is 0. The summed E-state index contributed by atoms with van der Waals surface area (Å²) in [6.45, 7) is 22.3. The summed E-state index contributed by atoms with van der Waals surface area (Å²) in [5.41, 5.74) is 11.2. The van der Waals surface area contributed by atoms with Crippen LogP contribution < -0.4 is 24.8 Å². The molecule has 6 aromatic carbocycles. The monoisotopic (exact) mass is 740 g/mol. The van der Waals surface area contributed by atoms with Crippen molar-refractivity contribution in [2.24, 2.45) is 0 Å². The molecule has 6 aromatic rings. The molecule has 0 saturated carbocycles. The van der Waals surface area contributed by atoms with Gasteiger partial charge in [0.1, 0.15) is 0 Å². The van der Waals surface area contributed by atoms with E-state index >= 15 is 0 Å². The predicted molar refractivity (Wildman–Crippen MR) is 194 cm³/mol. The van der Waals surface area contributed by atoms with Crippen molar-refractivity contribution in [1.82, 2.24) is 0 Å². The van der Waals surface area contributed by atoms with E-state index in [0.29, 0.717) is 0 Å². The fourth-order valence-electron chi connectivity index (χ4n) is 5.98. The molecule has 4 heteroatoms. The fourth-order valence-corrected chi connectivity index (χ4v) is 5.98. The van der Waals surface area contributed by atoms with E-state index in [9.17, 15) is 0 Å². The van der Waals surface area contributed by atoms with Gasteiger partial charge in [0.05, 0.1) is 0 Å². The van der Waals surface area contributed by atoms with E-state index in [0.717, 1.165) is 9.52 Å². The van der Waals surface area contributed by atoms with E-state index in [1.807, 2.05) is 0 Å². The van der Waals surface area contributed by atoms with Gasteiger partial charge in [-0.15, -0.1) is 69.1 Å². The zero-order chi connectivity index (χ0) is 31.4. The maximum Gasteiger partial charge on any atom is 4.00 e. The van der Waals surface area contributed by atoms with Crippen molar-refractivity contribution in [1.29, 1.82) is 0 Å². The number of halogens is 2. The van der Waals surface area contributed by atoms with E-state index in [1.54, 1.807) is 0 Å². The molecule has 6 rings (SSSR count). The van der Waals surface area contributed by atoms with Gasteiger partial charge in [0.25, 0.3) is 0 Å². The Balaban J connectivity index is 0.000000400. The smallest absolute Gasteiger partial charge is 1.00 e. The Bertz CT molecular complexity index is 1680. The molecule has 238 valence electrons. The van der Waals surface area contributed by atoms with Gasteiger partial charge in [-0.3, -0.25) is 0 Å². The topological polar surface area (TPSA) is 0 Å². The van der Waals surface area contributed by atoms with Gasteiger partial charge in [-0.2, -0.15) is 12.1 Å². The third-order valence-corrected chi connectivity index (χ3v) is 7.84. The Labute approximate surface area is 312 Å². The fraction of sp³-hybridized carbons (Fsp3) is 0.286. The standard InChI is InChI=1S/2C20H21.C2H6Si.2ClH.Zr/c2*1-14-12-15-8-7-10-16(18(15)13-14)17-9-5-6-11-19(17)20(2,3)4;1-3-2;;;/h2*5-13H,1-4H3;1-2H3;2*1H;/q2*-1;;;;+4/p-2. The van der Waals surface area contributed by atoms with Crippen molar-refractivity contribution in [3.63, 3.8) is 0 Å². The number of fused-ring (bicyclic) bond motifs is 2. The Morgan fingerprint density at radius 1 is 0.478 bits per heavy atom. The van der Waals surface area contributed by atoms with Crippen LogP contribution in [0.15, 0.2) is 109 Å². The van der Waals surface area contributed by atoms with Crippen LogP contribution in [0.3, 0.4) is 0 Å². The molecule has 0 aliphatic carbocycles. The number of hydrogen-bond donors (Lipinski definition) is 0. The van der Waals surface area contributed by atoms with Gasteiger partial charge in [0, 0.05) is 9.52 Å². The summed E-state index contributed by atoms with van der Waals surface area (Å²) in [7, 11) is 1.08. The summed E-state index contributed by atoms with van der Waals surface area (Å²) >= 11 is 0. The first-order chi connectivity index (χ1) is 20.3. The maximum atomic E-state index is 2.30. The number of benzene rings is 4. The Hall–Kier alpha value is -2.22. The van der Waals surface area contributed by atoms with Crippen LogP contribution in [0.4, 0.5) is 0 Å². The summed E-state index contributed by atoms with van der Waals surface area (Å²) < 4.78 is 0. The molecule has 0 aliphatic heterocycles. The minimum atomic E-state index is 0. The maximum absolute atomic E-state index is 2.30. The molecule has 0 unspecified atom stereocenters. The molecule has 0 atom stereocenters. The Morgan fingerprint density at radius 2 is 0.783 bits per heavy atom. The van der Waals surface area contributed by atoms with Gasteiger partial charge in [-0.1, -0.05) is 140 Å². The van der Waals surface area contributed by atoms with E-state index in [4.69, 9.17) is 0 Å². The first-order valence-corrected chi connectivity index (χ1v) is 17.5. The second-order valence-electron chi connectivity index (χ2n) is 13.8. The number of aryl methyl sites for hydroxylation is 2. The second kappa shape index (κ2) is 17.8. The normalized spacial score (nSPS) is 10.8. The van der Waals surface area contributed by atoms with Crippen molar-refractivity contribution < 1.29 is 51.0 Å². The first-order valence-electron chi connectivity index (χ1n) is 15.5. The minimum Gasteiger partial charge on any atom is -1.00 e. The summed E-state index contributed by atoms with van der Waals surface area (Å²) in [6.07, 6.45) is 0. The molecule has 0 saturated heterocycles. The molecular formula is C42H48Cl2SiZr. The molecule has 0 aliphatic rings. The molecule has 0 N–H and O–H groups in total. The number of rotatable bonds is 2. The van der Waals surface area contributed by atoms with Crippen molar-refractivity contribution >= 4 is 31.1 Å². The predicted octanol–water partition coefficient (Wildman–Crippen LogP) is 6.46. The van der Waals surface area contributed by atoms with Crippen LogP contribution in [-0.2, 0) is 37.0 Å². The second-order valence-corrected chi connectivity index (χ2v) is 14.8. The van der Waals surface area contributed by atoms with Crippen LogP contribution >= 0.6 is 0 Å². The summed E-state index contributed by atoms with van der Waals surface area (Å²) in [6, 6.07) is 39.9. The molecule has 0 aromatic heterocycles. The Kier molecular flexibility index (Phi) is 16.2. The quantitative estimate of drug-likeness (QED) is 0.141. The van der Waals surface area contributed by atoms with Gasteiger partial charge >= 0.3 is 26.2 Å². The summed E-state index contributed by atoms with van der Waals surface area (Å²) in [4.78, 5) is 0. The molecule has 0 fully saturated rings. The third-order valence-electron chi connectivity index (χ3n) is 7.84. The Morgan fingerprint density at radius 3 is 1.11 bits per heavy atom. The van der Waals surface area contributed by atoms with Crippen LogP contribution in [0.2, 0.25) is 13.1 Å². The van der Waals surface area contributed by atoms with Crippen molar-refractivity contribution in [2.45, 2.75) is 79.3 Å². The van der Waals surface area contributed by atoms with E-state index in [1.165, 1.54) is 66.1 Å². The van der Waals surface area contributed by atoms with Gasteiger partial charge in [0.15, 0.2) is 0 Å². The third kappa shape index (κ3) is 9.90. The molecular weight excluding hydrogens is 695 g/mol. The molecule has 0 nitrogen and oxygen atoms in total. The molecule has 0 amide bonds. The van der Waals surface area contributed by atoms with E-state index < -0.39 is 0 Å². The van der Waals surface area contributed by atoms with Crippen molar-refractivity contribution in [2.75, 3.05) is 0 Å². The van der Waals surface area contributed by atoms with Crippen molar-refractivity contribution in [3.05, 3.63) is 131 Å². The van der Waals surface area contributed by atoms with Gasteiger partial charge in [-0.25, -0.2) is 0 Å². The van der Waals surface area contributed by atoms with Crippen LogP contribution in [-0.4, -0.2) is 9.52 Å². The average molecular weight is 743 g/mol. The van der Waals surface area contributed by atoms with Crippen LogP contribution in [0.5, 0.6) is 0 Å². The zero-order valence-electron chi connectivity index (χ0n) is 29.1. The van der Waals surface area contributed by atoms with Gasteiger partial charge in [-0.05, 0) is 33.1 Å². The van der Waals surface area contributed by atoms with Gasteiger partial charge in [0.2, 0.25) is 0 Å². The largest absolute Gasteiger partial charge is 4.00 e. The summed E-state index contributed by atoms with van der Waals surface area (Å²) in [5, 5.41) is 5.40. The van der Waals surface area contributed by atoms with Crippen LogP contribution in [0.1, 0.15) is 63.8 Å². The number of hydrogen-bond acceptors (Lipinski definition) is 0. The zero-order valence-corrected chi connectivity index (χ0v) is 34.1.